The third-order valence-electron chi connectivity index (χ3n) is 1.53. The van der Waals surface area contributed by atoms with Gasteiger partial charge in [-0.25, -0.2) is 8.99 Å². The van der Waals surface area contributed by atoms with Crippen molar-refractivity contribution in [1.29, 1.82) is 4.78 Å². The topological polar surface area (TPSA) is 66.9 Å². The van der Waals surface area contributed by atoms with E-state index in [-0.39, 0.29) is 12.3 Å². The van der Waals surface area contributed by atoms with Crippen molar-refractivity contribution in [2.24, 2.45) is 5.73 Å². The second kappa shape index (κ2) is 3.69. The molecule has 3 nitrogen and oxygen atoms in total. The lowest BCUT2D eigenvalue weighted by atomic mass is 10.4. The predicted molar refractivity (Wildman–Crippen MR) is 49.5 cm³/mol. The minimum atomic E-state index is -2.64. The molecule has 1 unspecified atom stereocenters. The van der Waals surface area contributed by atoms with Crippen molar-refractivity contribution in [1.82, 2.24) is 0 Å². The molecular formula is C8H12N2OS. The summed E-state index contributed by atoms with van der Waals surface area (Å²) >= 11 is 0. The molecule has 1 aromatic rings. The molecule has 0 fully saturated rings. The molecular weight excluding hydrogens is 172 g/mol. The summed E-state index contributed by atoms with van der Waals surface area (Å²) in [5, 5.41) is 0. The van der Waals surface area contributed by atoms with Crippen LogP contribution in [0.1, 0.15) is 0 Å². The highest BCUT2D eigenvalue weighted by Crippen LogP contribution is 2.09. The minimum absolute atomic E-state index is 0.233. The lowest BCUT2D eigenvalue weighted by Crippen LogP contribution is -2.14. The van der Waals surface area contributed by atoms with Crippen molar-refractivity contribution in [2.45, 2.75) is 4.90 Å². The van der Waals surface area contributed by atoms with Crippen LogP contribution in [-0.4, -0.2) is 16.5 Å². The van der Waals surface area contributed by atoms with E-state index in [0.717, 1.165) is 0 Å². The lowest BCUT2D eigenvalue weighted by molar-refractivity contribution is 0.674. The molecule has 4 heteroatoms. The van der Waals surface area contributed by atoms with E-state index in [0.29, 0.717) is 4.90 Å². The van der Waals surface area contributed by atoms with Gasteiger partial charge in [0.25, 0.3) is 0 Å². The Morgan fingerprint density at radius 3 is 2.42 bits per heavy atom. The van der Waals surface area contributed by atoms with E-state index in [1.54, 1.807) is 24.3 Å². The van der Waals surface area contributed by atoms with Crippen LogP contribution in [-0.2, 0) is 9.73 Å². The SMILES string of the molecule is N=S(=O)(CCN)c1ccccc1. The average molecular weight is 184 g/mol. The molecule has 0 heterocycles. The molecule has 0 bridgehead atoms. The standard InChI is InChI=1S/C8H12N2OS/c9-6-7-12(10,11)8-4-2-1-3-5-8/h1-5,10H,6-7,9H2. The van der Waals surface area contributed by atoms with Gasteiger partial charge in [-0.15, -0.1) is 0 Å². The quantitative estimate of drug-likeness (QED) is 0.737. The molecule has 1 aromatic carbocycles. The molecule has 0 amide bonds. The van der Waals surface area contributed by atoms with Crippen LogP contribution in [0.25, 0.3) is 0 Å². The van der Waals surface area contributed by atoms with Crippen molar-refractivity contribution in [3.63, 3.8) is 0 Å². The Bertz CT molecular complexity index is 331. The molecule has 0 aromatic heterocycles. The summed E-state index contributed by atoms with van der Waals surface area (Å²) in [5.74, 6) is 0.233. The molecule has 12 heavy (non-hydrogen) atoms. The van der Waals surface area contributed by atoms with Crippen molar-refractivity contribution in [2.75, 3.05) is 12.3 Å². The minimum Gasteiger partial charge on any atom is -0.330 e. The van der Waals surface area contributed by atoms with Gasteiger partial charge >= 0.3 is 0 Å². The van der Waals surface area contributed by atoms with Crippen LogP contribution >= 0.6 is 0 Å². The Hall–Kier alpha value is -0.870. The summed E-state index contributed by atoms with van der Waals surface area (Å²) in [7, 11) is -2.64. The highest BCUT2D eigenvalue weighted by atomic mass is 32.2. The number of hydrogen-bond donors (Lipinski definition) is 2. The normalized spacial score (nSPS) is 15.4. The first-order chi connectivity index (χ1) is 5.67. The zero-order valence-electron chi connectivity index (χ0n) is 6.69. The van der Waals surface area contributed by atoms with Gasteiger partial charge in [-0.05, 0) is 12.1 Å². The van der Waals surface area contributed by atoms with Gasteiger partial charge in [-0.1, -0.05) is 18.2 Å². The first-order valence-corrected chi connectivity index (χ1v) is 5.41. The molecule has 0 spiro atoms. The smallest absolute Gasteiger partial charge is 0.0738 e. The van der Waals surface area contributed by atoms with Gasteiger partial charge in [-0.3, -0.25) is 0 Å². The maximum absolute atomic E-state index is 11.6. The monoisotopic (exact) mass is 184 g/mol. The Labute approximate surface area is 72.6 Å². The van der Waals surface area contributed by atoms with Gasteiger partial charge in [0.2, 0.25) is 0 Å². The number of rotatable bonds is 3. The summed E-state index contributed by atoms with van der Waals surface area (Å²) < 4.78 is 19.1. The van der Waals surface area contributed by atoms with Gasteiger partial charge in [0, 0.05) is 17.2 Å². The fourth-order valence-corrected chi connectivity index (χ4v) is 2.09. The molecule has 1 rings (SSSR count). The number of nitrogens with one attached hydrogen (secondary N) is 1. The summed E-state index contributed by atoms with van der Waals surface area (Å²) in [4.78, 5) is 0.565. The number of hydrogen-bond acceptors (Lipinski definition) is 3. The van der Waals surface area contributed by atoms with Gasteiger partial charge < -0.3 is 5.73 Å². The first kappa shape index (κ1) is 9.22. The second-order valence-electron chi connectivity index (χ2n) is 2.48. The molecule has 0 saturated carbocycles. The maximum Gasteiger partial charge on any atom is 0.0738 e. The van der Waals surface area contributed by atoms with Crippen LogP contribution in [0.15, 0.2) is 35.2 Å². The Morgan fingerprint density at radius 2 is 1.92 bits per heavy atom. The van der Waals surface area contributed by atoms with Crippen LogP contribution in [0, 0.1) is 4.78 Å². The summed E-state index contributed by atoms with van der Waals surface area (Å²) in [5.41, 5.74) is 5.25. The Kier molecular flexibility index (Phi) is 2.83. The molecule has 0 aliphatic rings. The third kappa shape index (κ3) is 2.06. The van der Waals surface area contributed by atoms with Crippen LogP contribution in [0.4, 0.5) is 0 Å². The largest absolute Gasteiger partial charge is 0.330 e. The first-order valence-electron chi connectivity index (χ1n) is 3.68. The van der Waals surface area contributed by atoms with Crippen molar-refractivity contribution < 1.29 is 4.21 Å². The second-order valence-corrected chi connectivity index (χ2v) is 4.71. The zero-order valence-corrected chi connectivity index (χ0v) is 7.51. The Morgan fingerprint density at radius 1 is 1.33 bits per heavy atom. The maximum atomic E-state index is 11.6. The van der Waals surface area contributed by atoms with E-state index in [2.05, 4.69) is 0 Å². The summed E-state index contributed by atoms with van der Waals surface area (Å²) in [6.07, 6.45) is 0. The van der Waals surface area contributed by atoms with Crippen molar-refractivity contribution in [3.05, 3.63) is 30.3 Å². The van der Waals surface area contributed by atoms with Crippen LogP contribution < -0.4 is 5.73 Å². The van der Waals surface area contributed by atoms with Crippen molar-refractivity contribution >= 4 is 9.73 Å². The molecule has 1 atom stereocenters. The average Bonchev–Trinajstić information content (AvgIpc) is 2.06. The van der Waals surface area contributed by atoms with Gasteiger partial charge in [0.15, 0.2) is 0 Å². The van der Waals surface area contributed by atoms with Crippen LogP contribution in [0.5, 0.6) is 0 Å². The zero-order chi connectivity index (χ0) is 9.03. The van der Waals surface area contributed by atoms with E-state index in [4.69, 9.17) is 10.5 Å². The van der Waals surface area contributed by atoms with E-state index < -0.39 is 9.73 Å². The molecule has 66 valence electrons. The van der Waals surface area contributed by atoms with Gasteiger partial charge in [0.05, 0.1) is 9.73 Å². The van der Waals surface area contributed by atoms with Gasteiger partial charge in [-0.2, -0.15) is 0 Å². The molecule has 0 aliphatic carbocycles. The lowest BCUT2D eigenvalue weighted by Gasteiger charge is -2.04. The number of nitrogens with two attached hydrogens (primary N) is 1. The fraction of sp³-hybridized carbons (Fsp3) is 0.250. The number of benzene rings is 1. The van der Waals surface area contributed by atoms with E-state index >= 15 is 0 Å². The molecule has 0 aliphatic heterocycles. The highest BCUT2D eigenvalue weighted by Gasteiger charge is 2.06. The highest BCUT2D eigenvalue weighted by molar-refractivity contribution is 7.92. The van der Waals surface area contributed by atoms with E-state index in [1.165, 1.54) is 0 Å². The summed E-state index contributed by atoms with van der Waals surface area (Å²) in [6.45, 7) is 0.289. The van der Waals surface area contributed by atoms with Gasteiger partial charge in [0.1, 0.15) is 0 Å². The van der Waals surface area contributed by atoms with E-state index in [9.17, 15) is 4.21 Å². The molecule has 0 radical (unpaired) electrons. The van der Waals surface area contributed by atoms with Crippen LogP contribution in [0.3, 0.4) is 0 Å². The molecule has 3 N–H and O–H groups in total. The van der Waals surface area contributed by atoms with E-state index in [1.807, 2.05) is 6.07 Å². The third-order valence-corrected chi connectivity index (χ3v) is 3.37. The summed E-state index contributed by atoms with van der Waals surface area (Å²) in [6, 6.07) is 8.79. The molecule has 0 saturated heterocycles. The van der Waals surface area contributed by atoms with Crippen molar-refractivity contribution in [3.8, 4) is 0 Å². The predicted octanol–water partition coefficient (Wildman–Crippen LogP) is 1.05. The Balaban J connectivity index is 2.99. The van der Waals surface area contributed by atoms with Crippen LogP contribution in [0.2, 0.25) is 0 Å². The fourth-order valence-electron chi connectivity index (χ4n) is 0.924.